The van der Waals surface area contributed by atoms with Crippen molar-refractivity contribution < 1.29 is 14.3 Å². The Balaban J connectivity index is 1.94. The normalized spacial score (nSPS) is 12.0. The Morgan fingerprint density at radius 1 is 1.17 bits per heavy atom. The number of rotatable bonds is 6. The number of nitrogens with zero attached hydrogens (tertiary/aromatic N) is 1. The van der Waals surface area contributed by atoms with Crippen molar-refractivity contribution in [3.05, 3.63) is 59.1 Å². The van der Waals surface area contributed by atoms with E-state index in [2.05, 4.69) is 10.5 Å². The van der Waals surface area contributed by atoms with E-state index in [4.69, 9.17) is 21.1 Å². The number of ether oxygens (including phenoxy) is 2. The third-order valence-corrected chi connectivity index (χ3v) is 3.37. The molecule has 2 rings (SSSR count). The fourth-order valence-corrected chi connectivity index (χ4v) is 1.98. The van der Waals surface area contributed by atoms with Crippen LogP contribution in [0.25, 0.3) is 0 Å². The lowest BCUT2D eigenvalue weighted by Crippen LogP contribution is -2.33. The van der Waals surface area contributed by atoms with E-state index in [-0.39, 0.29) is 5.91 Å². The number of hydrogen-bond donors (Lipinski definition) is 1. The zero-order valence-electron chi connectivity index (χ0n) is 12.8. The highest BCUT2D eigenvalue weighted by molar-refractivity contribution is 6.33. The predicted molar refractivity (Wildman–Crippen MR) is 90.3 cm³/mol. The van der Waals surface area contributed by atoms with Gasteiger partial charge in [-0.1, -0.05) is 41.9 Å². The van der Waals surface area contributed by atoms with Crippen molar-refractivity contribution >= 4 is 23.7 Å². The Hall–Kier alpha value is -2.53. The molecular weight excluding hydrogens is 316 g/mol. The molecule has 0 fully saturated rings. The lowest BCUT2D eigenvalue weighted by Gasteiger charge is -2.15. The van der Waals surface area contributed by atoms with Crippen LogP contribution < -0.4 is 14.9 Å². The van der Waals surface area contributed by atoms with Gasteiger partial charge in [0.1, 0.15) is 0 Å². The number of carbonyl (C=O) groups is 1. The number of nitrogens with one attached hydrogen (secondary N) is 1. The second kappa shape index (κ2) is 8.19. The van der Waals surface area contributed by atoms with E-state index < -0.39 is 6.10 Å². The van der Waals surface area contributed by atoms with Crippen LogP contribution in [0.1, 0.15) is 12.5 Å². The van der Waals surface area contributed by atoms with Gasteiger partial charge in [-0.3, -0.25) is 4.79 Å². The molecular formula is C17H17ClN2O3. The zero-order valence-corrected chi connectivity index (χ0v) is 13.6. The molecule has 1 unspecified atom stereocenters. The van der Waals surface area contributed by atoms with Crippen molar-refractivity contribution in [1.82, 2.24) is 5.43 Å². The first-order valence-electron chi connectivity index (χ1n) is 6.99. The van der Waals surface area contributed by atoms with E-state index in [0.29, 0.717) is 22.1 Å². The molecule has 0 aliphatic heterocycles. The molecule has 0 bridgehead atoms. The fraction of sp³-hybridized carbons (Fsp3) is 0.176. The highest BCUT2D eigenvalue weighted by Crippen LogP contribution is 2.26. The van der Waals surface area contributed by atoms with E-state index in [1.807, 2.05) is 18.2 Å². The highest BCUT2D eigenvalue weighted by Gasteiger charge is 2.15. The average Bonchev–Trinajstić information content (AvgIpc) is 2.57. The van der Waals surface area contributed by atoms with Gasteiger partial charge in [-0.25, -0.2) is 5.43 Å². The van der Waals surface area contributed by atoms with E-state index in [1.54, 1.807) is 44.4 Å². The van der Waals surface area contributed by atoms with Gasteiger partial charge in [-0.05, 0) is 25.1 Å². The molecule has 1 atom stereocenters. The predicted octanol–water partition coefficient (Wildman–Crippen LogP) is 3.27. The molecule has 6 heteroatoms. The maximum Gasteiger partial charge on any atom is 0.280 e. The fourth-order valence-electron chi connectivity index (χ4n) is 1.80. The maximum absolute atomic E-state index is 12.0. The molecule has 0 heterocycles. The second-order valence-corrected chi connectivity index (χ2v) is 5.07. The summed E-state index contributed by atoms with van der Waals surface area (Å²) >= 11 is 6.00. The number of amides is 1. The van der Waals surface area contributed by atoms with Crippen molar-refractivity contribution in [3.63, 3.8) is 0 Å². The van der Waals surface area contributed by atoms with Crippen molar-refractivity contribution in [2.24, 2.45) is 5.10 Å². The molecule has 0 aromatic heterocycles. The number of benzene rings is 2. The van der Waals surface area contributed by atoms with Crippen LogP contribution in [0.15, 0.2) is 53.6 Å². The molecule has 5 nitrogen and oxygen atoms in total. The summed E-state index contributed by atoms with van der Waals surface area (Å²) in [5.41, 5.74) is 3.14. The van der Waals surface area contributed by atoms with Gasteiger partial charge in [0.05, 0.1) is 13.3 Å². The lowest BCUT2D eigenvalue weighted by atomic mass is 10.2. The first-order chi connectivity index (χ1) is 11.1. The molecule has 0 spiro atoms. The first-order valence-corrected chi connectivity index (χ1v) is 7.36. The number of carbonyl (C=O) groups excluding carboxylic acids is 1. The van der Waals surface area contributed by atoms with Crippen molar-refractivity contribution in [3.8, 4) is 11.5 Å². The summed E-state index contributed by atoms with van der Waals surface area (Å²) in [6, 6.07) is 14.3. The standard InChI is InChI=1S/C17H17ClN2O3/c1-12(23-16-10-6-5-9-15(16)22-2)17(21)20-19-11-13-7-3-4-8-14(13)18/h3-12H,1-2H3,(H,20,21)/b19-11+. The largest absolute Gasteiger partial charge is 0.493 e. The Morgan fingerprint density at radius 3 is 2.52 bits per heavy atom. The third kappa shape index (κ3) is 4.72. The molecule has 1 N–H and O–H groups in total. The zero-order chi connectivity index (χ0) is 16.7. The number of methoxy groups -OCH3 is 1. The third-order valence-electron chi connectivity index (χ3n) is 3.03. The summed E-state index contributed by atoms with van der Waals surface area (Å²) in [5, 5.41) is 4.45. The number of halogens is 1. The van der Waals surface area contributed by atoms with Crippen LogP contribution in [-0.4, -0.2) is 25.3 Å². The molecule has 23 heavy (non-hydrogen) atoms. The van der Waals surface area contributed by atoms with Crippen LogP contribution in [-0.2, 0) is 4.79 Å². The molecule has 1 amide bonds. The average molecular weight is 333 g/mol. The van der Waals surface area contributed by atoms with Gasteiger partial charge in [-0.15, -0.1) is 0 Å². The van der Waals surface area contributed by atoms with Crippen LogP contribution in [0.2, 0.25) is 5.02 Å². The highest BCUT2D eigenvalue weighted by atomic mass is 35.5. The molecule has 0 saturated heterocycles. The van der Waals surface area contributed by atoms with E-state index in [9.17, 15) is 4.79 Å². The van der Waals surface area contributed by atoms with Crippen LogP contribution in [0.5, 0.6) is 11.5 Å². The molecule has 120 valence electrons. The Bertz CT molecular complexity index is 704. The molecule has 2 aromatic carbocycles. The van der Waals surface area contributed by atoms with Gasteiger partial charge >= 0.3 is 0 Å². The summed E-state index contributed by atoms with van der Waals surface area (Å²) in [6.07, 6.45) is 0.755. The first kappa shape index (κ1) is 16.8. The monoisotopic (exact) mass is 332 g/mol. The van der Waals surface area contributed by atoms with Crippen molar-refractivity contribution in [2.45, 2.75) is 13.0 Å². The number of hydrazone groups is 1. The van der Waals surface area contributed by atoms with Gasteiger partial charge in [0, 0.05) is 10.6 Å². The summed E-state index contributed by atoms with van der Waals surface area (Å²) in [5.74, 6) is 0.679. The summed E-state index contributed by atoms with van der Waals surface area (Å²) in [6.45, 7) is 1.63. The van der Waals surface area contributed by atoms with Crippen molar-refractivity contribution in [2.75, 3.05) is 7.11 Å². The van der Waals surface area contributed by atoms with Gasteiger partial charge < -0.3 is 9.47 Å². The Kier molecular flexibility index (Phi) is 6.00. The minimum atomic E-state index is -0.727. The maximum atomic E-state index is 12.0. The molecule has 0 radical (unpaired) electrons. The quantitative estimate of drug-likeness (QED) is 0.652. The number of para-hydroxylation sites is 2. The van der Waals surface area contributed by atoms with Gasteiger partial charge in [0.15, 0.2) is 17.6 Å². The SMILES string of the molecule is COc1ccccc1OC(C)C(=O)N/N=C/c1ccccc1Cl. The number of hydrogen-bond acceptors (Lipinski definition) is 4. The summed E-state index contributed by atoms with van der Waals surface area (Å²) < 4.78 is 10.8. The van der Waals surface area contributed by atoms with E-state index in [1.165, 1.54) is 6.21 Å². The molecule has 0 aliphatic rings. The second-order valence-electron chi connectivity index (χ2n) is 4.67. The van der Waals surface area contributed by atoms with Crippen molar-refractivity contribution in [1.29, 1.82) is 0 Å². The summed E-state index contributed by atoms with van der Waals surface area (Å²) in [4.78, 5) is 12.0. The lowest BCUT2D eigenvalue weighted by molar-refractivity contribution is -0.127. The minimum absolute atomic E-state index is 0.376. The molecule has 2 aromatic rings. The summed E-state index contributed by atoms with van der Waals surface area (Å²) in [7, 11) is 1.54. The molecule has 0 aliphatic carbocycles. The Labute approximate surface area is 139 Å². The van der Waals surface area contributed by atoms with Gasteiger partial charge in [0.2, 0.25) is 0 Å². The minimum Gasteiger partial charge on any atom is -0.493 e. The van der Waals surface area contributed by atoms with E-state index >= 15 is 0 Å². The van der Waals surface area contributed by atoms with Gasteiger partial charge in [0.25, 0.3) is 5.91 Å². The molecule has 0 saturated carbocycles. The van der Waals surface area contributed by atoms with Crippen LogP contribution in [0.3, 0.4) is 0 Å². The Morgan fingerprint density at radius 2 is 1.83 bits per heavy atom. The van der Waals surface area contributed by atoms with Gasteiger partial charge in [-0.2, -0.15) is 5.10 Å². The topological polar surface area (TPSA) is 59.9 Å². The van der Waals surface area contributed by atoms with Crippen LogP contribution in [0.4, 0.5) is 0 Å². The smallest absolute Gasteiger partial charge is 0.280 e. The van der Waals surface area contributed by atoms with Crippen LogP contribution >= 0.6 is 11.6 Å². The van der Waals surface area contributed by atoms with E-state index in [0.717, 1.165) is 0 Å². The van der Waals surface area contributed by atoms with Crippen LogP contribution in [0, 0.1) is 0 Å².